The van der Waals surface area contributed by atoms with Crippen LogP contribution in [0, 0.1) is 5.82 Å². The summed E-state index contributed by atoms with van der Waals surface area (Å²) in [6.45, 7) is 1.22. The van der Waals surface area contributed by atoms with Gasteiger partial charge in [-0.25, -0.2) is 4.39 Å². The smallest absolute Gasteiger partial charge is 0.137 e. The molecule has 0 unspecified atom stereocenters. The number of rotatable bonds is 5. The van der Waals surface area contributed by atoms with E-state index < -0.39 is 0 Å². The molecule has 0 atom stereocenters. The molecule has 0 aliphatic carbocycles. The fourth-order valence-corrected chi connectivity index (χ4v) is 2.17. The van der Waals surface area contributed by atoms with Gasteiger partial charge in [-0.1, -0.05) is 18.2 Å². The zero-order valence-corrected chi connectivity index (χ0v) is 12.2. The first kappa shape index (κ1) is 14.0. The molecule has 2 aromatic rings. The summed E-state index contributed by atoms with van der Waals surface area (Å²) in [6.07, 6.45) is 0. The molecule has 2 aromatic carbocycles. The second-order valence-corrected chi connectivity index (χ2v) is 5.07. The predicted molar refractivity (Wildman–Crippen MR) is 77.6 cm³/mol. The summed E-state index contributed by atoms with van der Waals surface area (Å²) in [6, 6.07) is 12.8. The van der Waals surface area contributed by atoms with Crippen LogP contribution in [0.2, 0.25) is 0 Å². The molecule has 4 heteroatoms. The van der Waals surface area contributed by atoms with Crippen molar-refractivity contribution in [3.8, 4) is 5.75 Å². The molecule has 1 N–H and O–H groups in total. The van der Waals surface area contributed by atoms with Gasteiger partial charge in [-0.2, -0.15) is 0 Å². The standard InChI is InChI=1S/C15H15BrFNO/c1-18-9-11-3-2-4-13(7-11)19-10-12-5-6-15(17)14(16)8-12/h2-8,18H,9-10H2,1H3. The lowest BCUT2D eigenvalue weighted by Crippen LogP contribution is -2.05. The van der Waals surface area contributed by atoms with Gasteiger partial charge in [0.15, 0.2) is 0 Å². The van der Waals surface area contributed by atoms with Gasteiger partial charge in [0, 0.05) is 6.54 Å². The first-order valence-corrected chi connectivity index (χ1v) is 6.78. The third kappa shape index (κ3) is 4.04. The minimum absolute atomic E-state index is 0.264. The Morgan fingerprint density at radius 2 is 2.00 bits per heavy atom. The maximum absolute atomic E-state index is 13.1. The van der Waals surface area contributed by atoms with Gasteiger partial charge in [0.2, 0.25) is 0 Å². The molecule has 19 heavy (non-hydrogen) atoms. The van der Waals surface area contributed by atoms with Crippen molar-refractivity contribution >= 4 is 15.9 Å². The monoisotopic (exact) mass is 323 g/mol. The quantitative estimate of drug-likeness (QED) is 0.901. The van der Waals surface area contributed by atoms with Gasteiger partial charge in [0.05, 0.1) is 4.47 Å². The second-order valence-electron chi connectivity index (χ2n) is 4.21. The predicted octanol–water partition coefficient (Wildman–Crippen LogP) is 3.89. The lowest BCUT2D eigenvalue weighted by atomic mass is 10.2. The van der Waals surface area contributed by atoms with E-state index in [4.69, 9.17) is 4.74 Å². The van der Waals surface area contributed by atoms with Gasteiger partial charge in [0.25, 0.3) is 0 Å². The van der Waals surface area contributed by atoms with Crippen molar-refractivity contribution in [2.45, 2.75) is 13.2 Å². The van der Waals surface area contributed by atoms with Gasteiger partial charge in [-0.3, -0.25) is 0 Å². The van der Waals surface area contributed by atoms with Crippen LogP contribution < -0.4 is 10.1 Å². The summed E-state index contributed by atoms with van der Waals surface area (Å²) in [5, 5.41) is 3.10. The summed E-state index contributed by atoms with van der Waals surface area (Å²) in [4.78, 5) is 0. The van der Waals surface area contributed by atoms with Crippen molar-refractivity contribution in [1.82, 2.24) is 5.32 Å². The maximum Gasteiger partial charge on any atom is 0.137 e. The van der Waals surface area contributed by atoms with Crippen LogP contribution >= 0.6 is 15.9 Å². The molecular weight excluding hydrogens is 309 g/mol. The largest absolute Gasteiger partial charge is 0.489 e. The zero-order chi connectivity index (χ0) is 13.7. The van der Waals surface area contributed by atoms with Gasteiger partial charge in [0.1, 0.15) is 18.2 Å². The van der Waals surface area contributed by atoms with Gasteiger partial charge in [-0.05, 0) is 58.4 Å². The molecule has 0 aromatic heterocycles. The minimum Gasteiger partial charge on any atom is -0.489 e. The van der Waals surface area contributed by atoms with Crippen LogP contribution in [-0.2, 0) is 13.2 Å². The molecule has 0 radical (unpaired) electrons. The second kappa shape index (κ2) is 6.68. The van der Waals surface area contributed by atoms with E-state index in [1.807, 2.05) is 31.3 Å². The molecule has 100 valence electrons. The molecule has 0 heterocycles. The highest BCUT2D eigenvalue weighted by Crippen LogP contribution is 2.19. The highest BCUT2D eigenvalue weighted by atomic mass is 79.9. The van der Waals surface area contributed by atoms with E-state index in [-0.39, 0.29) is 5.82 Å². The van der Waals surface area contributed by atoms with Crippen LogP contribution in [0.4, 0.5) is 4.39 Å². The molecule has 0 saturated heterocycles. The number of nitrogens with one attached hydrogen (secondary N) is 1. The molecule has 0 bridgehead atoms. The number of halogens is 2. The molecular formula is C15H15BrFNO. The average molecular weight is 324 g/mol. The van der Waals surface area contributed by atoms with Crippen molar-refractivity contribution < 1.29 is 9.13 Å². The van der Waals surface area contributed by atoms with E-state index in [9.17, 15) is 4.39 Å². The van der Waals surface area contributed by atoms with E-state index in [1.165, 1.54) is 11.6 Å². The lowest BCUT2D eigenvalue weighted by molar-refractivity contribution is 0.305. The third-order valence-electron chi connectivity index (χ3n) is 2.67. The van der Waals surface area contributed by atoms with E-state index in [1.54, 1.807) is 12.1 Å². The Balaban J connectivity index is 2.01. The van der Waals surface area contributed by atoms with Crippen molar-refractivity contribution in [2.24, 2.45) is 0 Å². The Bertz CT molecular complexity index is 560. The summed E-state index contributed by atoms with van der Waals surface area (Å²) >= 11 is 3.17. The average Bonchev–Trinajstić information content (AvgIpc) is 2.41. The van der Waals surface area contributed by atoms with E-state index >= 15 is 0 Å². The SMILES string of the molecule is CNCc1cccc(OCc2ccc(F)c(Br)c2)c1. The molecule has 0 aliphatic rings. The van der Waals surface area contributed by atoms with E-state index in [0.29, 0.717) is 11.1 Å². The van der Waals surface area contributed by atoms with E-state index in [2.05, 4.69) is 21.2 Å². The fraction of sp³-hybridized carbons (Fsp3) is 0.200. The molecule has 2 rings (SSSR count). The molecule has 2 nitrogen and oxygen atoms in total. The molecule has 0 amide bonds. The number of ether oxygens (including phenoxy) is 1. The molecule has 0 fully saturated rings. The first-order chi connectivity index (χ1) is 9.19. The Labute approximate surface area is 120 Å². The highest BCUT2D eigenvalue weighted by molar-refractivity contribution is 9.10. The maximum atomic E-state index is 13.1. The molecule has 0 saturated carbocycles. The summed E-state index contributed by atoms with van der Waals surface area (Å²) < 4.78 is 19.3. The zero-order valence-electron chi connectivity index (χ0n) is 10.6. The lowest BCUT2D eigenvalue weighted by Gasteiger charge is -2.08. The molecule has 0 spiro atoms. The van der Waals surface area contributed by atoms with Crippen LogP contribution in [0.5, 0.6) is 5.75 Å². The Morgan fingerprint density at radius 3 is 2.74 bits per heavy atom. The van der Waals surface area contributed by atoms with Crippen molar-refractivity contribution in [3.05, 3.63) is 63.9 Å². The minimum atomic E-state index is -0.264. The van der Waals surface area contributed by atoms with Crippen LogP contribution in [0.1, 0.15) is 11.1 Å². The Morgan fingerprint density at radius 1 is 1.16 bits per heavy atom. The van der Waals surface area contributed by atoms with Crippen LogP contribution in [0.25, 0.3) is 0 Å². The number of hydrogen-bond acceptors (Lipinski definition) is 2. The summed E-state index contributed by atoms with van der Waals surface area (Å²) in [5.74, 6) is 0.549. The highest BCUT2D eigenvalue weighted by Gasteiger charge is 2.02. The van der Waals surface area contributed by atoms with Crippen LogP contribution in [-0.4, -0.2) is 7.05 Å². The normalized spacial score (nSPS) is 10.5. The van der Waals surface area contributed by atoms with Crippen molar-refractivity contribution in [1.29, 1.82) is 0 Å². The third-order valence-corrected chi connectivity index (χ3v) is 3.28. The topological polar surface area (TPSA) is 21.3 Å². The van der Waals surface area contributed by atoms with Crippen LogP contribution in [0.15, 0.2) is 46.9 Å². The van der Waals surface area contributed by atoms with Gasteiger partial charge >= 0.3 is 0 Å². The van der Waals surface area contributed by atoms with Crippen LogP contribution in [0.3, 0.4) is 0 Å². The Kier molecular flexibility index (Phi) is 4.93. The van der Waals surface area contributed by atoms with Crippen molar-refractivity contribution in [3.63, 3.8) is 0 Å². The van der Waals surface area contributed by atoms with Gasteiger partial charge in [-0.15, -0.1) is 0 Å². The first-order valence-electron chi connectivity index (χ1n) is 5.99. The molecule has 0 aliphatic heterocycles. The summed E-state index contributed by atoms with van der Waals surface area (Å²) in [5.41, 5.74) is 2.09. The summed E-state index contributed by atoms with van der Waals surface area (Å²) in [7, 11) is 1.91. The van der Waals surface area contributed by atoms with E-state index in [0.717, 1.165) is 17.9 Å². The van der Waals surface area contributed by atoms with Gasteiger partial charge < -0.3 is 10.1 Å². The number of benzene rings is 2. The fourth-order valence-electron chi connectivity index (χ4n) is 1.75. The number of hydrogen-bond donors (Lipinski definition) is 1. The Hall–Kier alpha value is -1.39. The van der Waals surface area contributed by atoms with Crippen molar-refractivity contribution in [2.75, 3.05) is 7.05 Å².